The molecule has 0 aliphatic carbocycles. The first-order valence-corrected chi connectivity index (χ1v) is 11.0. The number of nitrogens with zero attached hydrogens (tertiary/aromatic N) is 2. The summed E-state index contributed by atoms with van der Waals surface area (Å²) in [6, 6.07) is 0. The third-order valence-corrected chi connectivity index (χ3v) is 6.39. The zero-order valence-corrected chi connectivity index (χ0v) is 16.5. The second-order valence-electron chi connectivity index (χ2n) is 5.16. The standard InChI is InChI=1S/C15H24N6S3/c1-11-13(20-9-18-11)7-22-4-3-17-15(16)24-6-5-23-8-14-12(2)19-10-21-14/h9-10H,3-8H2,1-2H3,(H2,16,17)(H,18,20)(H,19,21). The van der Waals surface area contributed by atoms with E-state index in [-0.39, 0.29) is 0 Å². The molecule has 2 aromatic heterocycles. The van der Waals surface area contributed by atoms with Crippen LogP contribution in [0.3, 0.4) is 0 Å². The van der Waals surface area contributed by atoms with E-state index < -0.39 is 0 Å². The predicted octanol–water partition coefficient (Wildman–Crippen LogP) is 3.17. The number of aromatic nitrogens is 4. The van der Waals surface area contributed by atoms with Gasteiger partial charge in [-0.1, -0.05) is 11.8 Å². The fourth-order valence-electron chi connectivity index (χ4n) is 1.89. The molecule has 0 atom stereocenters. The number of thioether (sulfide) groups is 3. The van der Waals surface area contributed by atoms with Crippen molar-refractivity contribution in [2.45, 2.75) is 25.4 Å². The lowest BCUT2D eigenvalue weighted by molar-refractivity contribution is 0.984. The van der Waals surface area contributed by atoms with Crippen molar-refractivity contribution >= 4 is 40.5 Å². The molecule has 4 N–H and O–H groups in total. The van der Waals surface area contributed by atoms with E-state index in [9.17, 15) is 0 Å². The van der Waals surface area contributed by atoms with Gasteiger partial charge in [0.1, 0.15) is 0 Å². The summed E-state index contributed by atoms with van der Waals surface area (Å²) in [5.41, 5.74) is 4.53. The number of amidine groups is 1. The van der Waals surface area contributed by atoms with Gasteiger partial charge >= 0.3 is 0 Å². The molecular weight excluding hydrogens is 360 g/mol. The molecule has 0 aliphatic heterocycles. The minimum absolute atomic E-state index is 0.558. The Kier molecular flexibility index (Phi) is 8.62. The zero-order chi connectivity index (χ0) is 17.2. The second kappa shape index (κ2) is 10.7. The summed E-state index contributed by atoms with van der Waals surface area (Å²) in [7, 11) is 0. The second-order valence-corrected chi connectivity index (χ2v) is 8.47. The maximum Gasteiger partial charge on any atom is 0.153 e. The van der Waals surface area contributed by atoms with Gasteiger partial charge in [0.15, 0.2) is 5.17 Å². The Hall–Kier alpha value is -1.06. The van der Waals surface area contributed by atoms with Crippen LogP contribution in [0.1, 0.15) is 22.8 Å². The molecule has 0 bridgehead atoms. The van der Waals surface area contributed by atoms with Crippen LogP contribution in [-0.2, 0) is 11.5 Å². The summed E-state index contributed by atoms with van der Waals surface area (Å²) >= 11 is 5.26. The van der Waals surface area contributed by atoms with E-state index in [1.54, 1.807) is 24.4 Å². The van der Waals surface area contributed by atoms with Crippen LogP contribution in [0.5, 0.6) is 0 Å². The highest BCUT2D eigenvalue weighted by atomic mass is 32.2. The van der Waals surface area contributed by atoms with Gasteiger partial charge in [-0.3, -0.25) is 5.41 Å². The minimum atomic E-state index is 0.558. The smallest absolute Gasteiger partial charge is 0.153 e. The molecule has 2 heterocycles. The molecular formula is C15H24N6S3. The molecule has 0 saturated heterocycles. The van der Waals surface area contributed by atoms with Crippen molar-refractivity contribution in [3.63, 3.8) is 0 Å². The third kappa shape index (κ3) is 6.82. The minimum Gasteiger partial charge on any atom is -0.364 e. The molecule has 6 nitrogen and oxygen atoms in total. The molecule has 0 unspecified atom stereocenters. The molecule has 0 amide bonds. The Labute approximate surface area is 155 Å². The van der Waals surface area contributed by atoms with Gasteiger partial charge in [0, 0.05) is 46.7 Å². The van der Waals surface area contributed by atoms with E-state index in [1.165, 1.54) is 0 Å². The zero-order valence-electron chi connectivity index (χ0n) is 14.0. The maximum absolute atomic E-state index is 7.91. The van der Waals surface area contributed by atoms with Gasteiger partial charge in [0.05, 0.1) is 24.0 Å². The quantitative estimate of drug-likeness (QED) is 0.286. The van der Waals surface area contributed by atoms with Gasteiger partial charge in [-0.25, -0.2) is 9.97 Å². The number of imidazole rings is 2. The molecule has 2 rings (SSSR count). The van der Waals surface area contributed by atoms with E-state index >= 15 is 0 Å². The van der Waals surface area contributed by atoms with Crippen molar-refractivity contribution in [1.29, 1.82) is 5.41 Å². The van der Waals surface area contributed by atoms with Crippen LogP contribution in [0.2, 0.25) is 0 Å². The fourth-order valence-corrected chi connectivity index (χ4v) is 4.61. The van der Waals surface area contributed by atoms with Gasteiger partial charge in [-0.15, -0.1) is 0 Å². The van der Waals surface area contributed by atoms with E-state index in [0.29, 0.717) is 5.17 Å². The Balaban J connectivity index is 1.44. The van der Waals surface area contributed by atoms with Crippen molar-refractivity contribution in [3.05, 3.63) is 35.4 Å². The highest BCUT2D eigenvalue weighted by Gasteiger charge is 2.03. The lowest BCUT2D eigenvalue weighted by atomic mass is 10.4. The van der Waals surface area contributed by atoms with E-state index in [0.717, 1.165) is 58.1 Å². The van der Waals surface area contributed by atoms with Gasteiger partial charge in [0.25, 0.3) is 0 Å². The number of rotatable bonds is 10. The Morgan fingerprint density at radius 2 is 1.58 bits per heavy atom. The van der Waals surface area contributed by atoms with Crippen LogP contribution in [0.15, 0.2) is 12.7 Å². The molecule has 24 heavy (non-hydrogen) atoms. The first-order valence-electron chi connectivity index (χ1n) is 7.75. The number of hydrogen-bond acceptors (Lipinski definition) is 6. The topological polar surface area (TPSA) is 93.2 Å². The Morgan fingerprint density at radius 3 is 2.12 bits per heavy atom. The number of nitrogens with one attached hydrogen (secondary N) is 4. The molecule has 0 spiro atoms. The third-order valence-electron chi connectivity index (χ3n) is 3.35. The van der Waals surface area contributed by atoms with Crippen molar-refractivity contribution in [2.24, 2.45) is 0 Å². The van der Waals surface area contributed by atoms with Gasteiger partial charge < -0.3 is 15.3 Å². The Morgan fingerprint density at radius 1 is 1.00 bits per heavy atom. The number of H-pyrrole nitrogens is 2. The summed E-state index contributed by atoms with van der Waals surface area (Å²) < 4.78 is 0. The van der Waals surface area contributed by atoms with Crippen LogP contribution >= 0.6 is 35.3 Å². The summed E-state index contributed by atoms with van der Waals surface area (Å²) in [5, 5.41) is 11.6. The summed E-state index contributed by atoms with van der Waals surface area (Å²) in [4.78, 5) is 14.7. The average molecular weight is 385 g/mol. The van der Waals surface area contributed by atoms with E-state index in [4.69, 9.17) is 5.41 Å². The number of hydrogen-bond donors (Lipinski definition) is 4. The van der Waals surface area contributed by atoms with Crippen molar-refractivity contribution < 1.29 is 0 Å². The predicted molar refractivity (Wildman–Crippen MR) is 107 cm³/mol. The largest absolute Gasteiger partial charge is 0.364 e. The van der Waals surface area contributed by atoms with E-state index in [2.05, 4.69) is 25.3 Å². The highest BCUT2D eigenvalue weighted by molar-refractivity contribution is 8.14. The number of aryl methyl sites for hydroxylation is 2. The van der Waals surface area contributed by atoms with Crippen LogP contribution in [-0.4, -0.2) is 48.9 Å². The summed E-state index contributed by atoms with van der Waals surface area (Å²) in [6.45, 7) is 4.90. The molecule has 0 radical (unpaired) electrons. The molecule has 0 aliphatic rings. The monoisotopic (exact) mass is 384 g/mol. The van der Waals surface area contributed by atoms with Gasteiger partial charge in [-0.05, 0) is 13.8 Å². The van der Waals surface area contributed by atoms with Crippen molar-refractivity contribution in [1.82, 2.24) is 25.3 Å². The molecule has 9 heteroatoms. The molecule has 0 fully saturated rings. The van der Waals surface area contributed by atoms with Gasteiger partial charge in [0.2, 0.25) is 0 Å². The van der Waals surface area contributed by atoms with Crippen LogP contribution in [0.25, 0.3) is 0 Å². The summed E-state index contributed by atoms with van der Waals surface area (Å²) in [5.74, 6) is 4.79. The molecule has 0 saturated carbocycles. The lowest BCUT2D eigenvalue weighted by Crippen LogP contribution is -2.22. The normalized spacial score (nSPS) is 10.9. The van der Waals surface area contributed by atoms with Gasteiger partial charge in [-0.2, -0.15) is 23.5 Å². The van der Waals surface area contributed by atoms with Crippen LogP contribution < -0.4 is 5.32 Å². The van der Waals surface area contributed by atoms with Crippen LogP contribution in [0, 0.1) is 19.3 Å². The first kappa shape index (κ1) is 19.3. The SMILES string of the molecule is Cc1[nH]cnc1CSCCNC(=N)SCCSCc1nc[nH]c1C. The van der Waals surface area contributed by atoms with Crippen molar-refractivity contribution in [3.8, 4) is 0 Å². The highest BCUT2D eigenvalue weighted by Crippen LogP contribution is 2.15. The first-order chi connectivity index (χ1) is 11.7. The van der Waals surface area contributed by atoms with E-state index in [1.807, 2.05) is 37.4 Å². The summed E-state index contributed by atoms with van der Waals surface area (Å²) in [6.07, 6.45) is 3.48. The molecule has 0 aromatic carbocycles. The van der Waals surface area contributed by atoms with Crippen LogP contribution in [0.4, 0.5) is 0 Å². The fraction of sp³-hybridized carbons (Fsp3) is 0.533. The Bertz CT molecular complexity index is 572. The number of aromatic amines is 2. The lowest BCUT2D eigenvalue weighted by Gasteiger charge is -2.07. The maximum atomic E-state index is 7.91. The molecule has 132 valence electrons. The molecule has 2 aromatic rings. The average Bonchev–Trinajstić information content (AvgIpc) is 3.15. The van der Waals surface area contributed by atoms with Crippen molar-refractivity contribution in [2.75, 3.05) is 23.8 Å².